The fourth-order valence-corrected chi connectivity index (χ4v) is 2.92. The molecule has 0 spiro atoms. The minimum absolute atomic E-state index is 0.192. The molecule has 0 bridgehead atoms. The summed E-state index contributed by atoms with van der Waals surface area (Å²) in [6.45, 7) is 0. The van der Waals surface area contributed by atoms with Gasteiger partial charge in [0.2, 0.25) is 5.28 Å². The van der Waals surface area contributed by atoms with Crippen LogP contribution in [0.15, 0.2) is 58.5 Å². The molecule has 0 fully saturated rings. The molecule has 2 aromatic carbocycles. The molecular weight excluding hydrogens is 283 g/mol. The van der Waals surface area contributed by atoms with Gasteiger partial charge >= 0.3 is 0 Å². The summed E-state index contributed by atoms with van der Waals surface area (Å²) in [5, 5.41) is 1.82. The Morgan fingerprint density at radius 1 is 1.00 bits per heavy atom. The zero-order chi connectivity index (χ0) is 13.2. The van der Waals surface area contributed by atoms with Crippen molar-refractivity contribution in [2.45, 2.75) is 9.92 Å². The third-order valence-electron chi connectivity index (χ3n) is 2.55. The van der Waals surface area contributed by atoms with E-state index < -0.39 is 0 Å². The molecule has 1 aromatic heterocycles. The molecule has 1 heterocycles. The van der Waals surface area contributed by atoms with Crippen molar-refractivity contribution in [3.8, 4) is 0 Å². The third kappa shape index (κ3) is 2.69. The third-order valence-corrected chi connectivity index (χ3v) is 3.71. The Kier molecular flexibility index (Phi) is 3.36. The van der Waals surface area contributed by atoms with E-state index in [1.54, 1.807) is 6.07 Å². The largest absolute Gasteiger partial charge is 0.224 e. The molecule has 0 unspecified atom stereocenters. The van der Waals surface area contributed by atoms with Crippen LogP contribution in [0.5, 0.6) is 0 Å². The Hall–Kier alpha value is -1.65. The first-order valence-corrected chi connectivity index (χ1v) is 6.77. The lowest BCUT2D eigenvalue weighted by Gasteiger charge is -2.05. The van der Waals surface area contributed by atoms with Crippen molar-refractivity contribution in [2.75, 3.05) is 0 Å². The number of benzene rings is 2. The Morgan fingerprint density at radius 3 is 2.68 bits per heavy atom. The van der Waals surface area contributed by atoms with Crippen molar-refractivity contribution in [2.24, 2.45) is 0 Å². The molecule has 94 valence electrons. The monoisotopic (exact) mass is 290 g/mol. The highest BCUT2D eigenvalue weighted by Gasteiger charge is 2.08. The van der Waals surface area contributed by atoms with Crippen molar-refractivity contribution in [3.63, 3.8) is 0 Å². The molecule has 3 rings (SSSR count). The number of hydrogen-bond acceptors (Lipinski definition) is 3. The maximum Gasteiger partial charge on any atom is 0.224 e. The predicted octanol–water partition coefficient (Wildman–Crippen LogP) is 4.57. The van der Waals surface area contributed by atoms with Gasteiger partial charge in [-0.15, -0.1) is 0 Å². The van der Waals surface area contributed by atoms with Gasteiger partial charge in [0.15, 0.2) is 0 Å². The lowest BCUT2D eigenvalue weighted by Crippen LogP contribution is -1.89. The molecule has 0 aliphatic carbocycles. The van der Waals surface area contributed by atoms with Crippen molar-refractivity contribution in [1.29, 1.82) is 0 Å². The van der Waals surface area contributed by atoms with E-state index in [0.717, 1.165) is 20.8 Å². The Morgan fingerprint density at radius 2 is 1.84 bits per heavy atom. The molecule has 3 aromatic rings. The second kappa shape index (κ2) is 5.15. The molecule has 0 radical (unpaired) electrons. The highest BCUT2D eigenvalue weighted by atomic mass is 35.5. The molecule has 0 aliphatic heterocycles. The highest BCUT2D eigenvalue weighted by Crippen LogP contribution is 2.32. The average Bonchev–Trinajstić information content (AvgIpc) is 2.38. The number of halogens is 2. The van der Waals surface area contributed by atoms with Crippen molar-refractivity contribution in [1.82, 2.24) is 9.97 Å². The van der Waals surface area contributed by atoms with Gasteiger partial charge in [0.1, 0.15) is 10.8 Å². The molecule has 0 saturated heterocycles. The van der Waals surface area contributed by atoms with Crippen LogP contribution >= 0.6 is 23.4 Å². The Bertz CT molecular complexity index is 748. The lowest BCUT2D eigenvalue weighted by molar-refractivity contribution is 0.624. The fourth-order valence-electron chi connectivity index (χ4n) is 1.74. The van der Waals surface area contributed by atoms with Gasteiger partial charge < -0.3 is 0 Å². The van der Waals surface area contributed by atoms with Gasteiger partial charge in [0, 0.05) is 10.3 Å². The summed E-state index contributed by atoms with van der Waals surface area (Å²) in [6, 6.07) is 14.0. The van der Waals surface area contributed by atoms with E-state index in [9.17, 15) is 4.39 Å². The topological polar surface area (TPSA) is 25.8 Å². The van der Waals surface area contributed by atoms with Crippen molar-refractivity contribution >= 4 is 34.3 Å². The smallest absolute Gasteiger partial charge is 0.218 e. The Labute approximate surface area is 118 Å². The maximum atomic E-state index is 13.2. The molecule has 0 atom stereocenters. The summed E-state index contributed by atoms with van der Waals surface area (Å²) >= 11 is 7.28. The van der Waals surface area contributed by atoms with Crippen LogP contribution in [-0.4, -0.2) is 9.97 Å². The summed E-state index contributed by atoms with van der Waals surface area (Å²) in [5.41, 5.74) is 0.779. The lowest BCUT2D eigenvalue weighted by atomic mass is 10.2. The first-order valence-electron chi connectivity index (χ1n) is 5.58. The van der Waals surface area contributed by atoms with Crippen LogP contribution in [0.1, 0.15) is 0 Å². The minimum Gasteiger partial charge on any atom is -0.218 e. The number of aromatic nitrogens is 2. The standard InChI is InChI=1S/C14H8ClFN2S/c15-14-17-12-7-2-1-6-11(12)13(18-14)19-10-5-3-4-9(16)8-10/h1-8H. The average molecular weight is 291 g/mol. The van der Waals surface area contributed by atoms with Gasteiger partial charge in [0.25, 0.3) is 0 Å². The number of para-hydroxylation sites is 1. The van der Waals surface area contributed by atoms with Crippen LogP contribution in [-0.2, 0) is 0 Å². The van der Waals surface area contributed by atoms with Crippen LogP contribution in [0.2, 0.25) is 5.28 Å². The van der Waals surface area contributed by atoms with Gasteiger partial charge in [-0.25, -0.2) is 14.4 Å². The van der Waals surface area contributed by atoms with E-state index in [2.05, 4.69) is 9.97 Å². The van der Waals surface area contributed by atoms with E-state index >= 15 is 0 Å². The number of nitrogens with zero attached hydrogens (tertiary/aromatic N) is 2. The molecule has 2 nitrogen and oxygen atoms in total. The van der Waals surface area contributed by atoms with Crippen LogP contribution < -0.4 is 0 Å². The van der Waals surface area contributed by atoms with Crippen LogP contribution in [0.3, 0.4) is 0 Å². The summed E-state index contributed by atoms with van der Waals surface area (Å²) in [7, 11) is 0. The molecule has 0 N–H and O–H groups in total. The molecule has 0 amide bonds. The van der Waals surface area contributed by atoms with E-state index in [-0.39, 0.29) is 11.1 Å². The summed E-state index contributed by atoms with van der Waals surface area (Å²) in [5.74, 6) is -0.269. The second-order valence-corrected chi connectivity index (χ2v) is 5.27. The van der Waals surface area contributed by atoms with Crippen molar-refractivity contribution < 1.29 is 4.39 Å². The van der Waals surface area contributed by atoms with Gasteiger partial charge in [-0.05, 0) is 35.9 Å². The van der Waals surface area contributed by atoms with E-state index in [1.807, 2.05) is 30.3 Å². The number of hydrogen-bond donors (Lipinski definition) is 0. The van der Waals surface area contributed by atoms with Gasteiger partial charge in [-0.3, -0.25) is 0 Å². The minimum atomic E-state index is -0.269. The van der Waals surface area contributed by atoms with Crippen LogP contribution in [0.4, 0.5) is 4.39 Å². The van der Waals surface area contributed by atoms with Crippen LogP contribution in [0, 0.1) is 5.82 Å². The first-order chi connectivity index (χ1) is 9.22. The molecular formula is C14H8ClFN2S. The normalized spacial score (nSPS) is 10.8. The SMILES string of the molecule is Fc1cccc(Sc2nc(Cl)nc3ccccc23)c1. The zero-order valence-corrected chi connectivity index (χ0v) is 11.2. The summed E-state index contributed by atoms with van der Waals surface area (Å²) in [6.07, 6.45) is 0. The van der Waals surface area contributed by atoms with Crippen LogP contribution in [0.25, 0.3) is 10.9 Å². The zero-order valence-electron chi connectivity index (χ0n) is 9.68. The van der Waals surface area contributed by atoms with Crippen molar-refractivity contribution in [3.05, 3.63) is 59.6 Å². The van der Waals surface area contributed by atoms with E-state index in [0.29, 0.717) is 0 Å². The fraction of sp³-hybridized carbons (Fsp3) is 0. The molecule has 0 aliphatic rings. The maximum absolute atomic E-state index is 13.2. The second-order valence-electron chi connectivity index (χ2n) is 3.87. The quantitative estimate of drug-likeness (QED) is 0.510. The highest BCUT2D eigenvalue weighted by molar-refractivity contribution is 7.99. The predicted molar refractivity (Wildman–Crippen MR) is 75.1 cm³/mol. The molecule has 0 saturated carbocycles. The Balaban J connectivity index is 2.09. The summed E-state index contributed by atoms with van der Waals surface area (Å²) < 4.78 is 13.2. The number of fused-ring (bicyclic) bond motifs is 1. The van der Waals surface area contributed by atoms with E-state index in [4.69, 9.17) is 11.6 Å². The summed E-state index contributed by atoms with van der Waals surface area (Å²) in [4.78, 5) is 9.16. The first kappa shape index (κ1) is 12.4. The van der Waals surface area contributed by atoms with E-state index in [1.165, 1.54) is 23.9 Å². The van der Waals surface area contributed by atoms with Gasteiger partial charge in [0.05, 0.1) is 5.52 Å². The van der Waals surface area contributed by atoms with Gasteiger partial charge in [-0.2, -0.15) is 0 Å². The molecule has 19 heavy (non-hydrogen) atoms. The number of rotatable bonds is 2. The van der Waals surface area contributed by atoms with Gasteiger partial charge in [-0.1, -0.05) is 36.0 Å². The molecule has 5 heteroatoms.